The highest BCUT2D eigenvalue weighted by molar-refractivity contribution is 7.15. The fourth-order valence-electron chi connectivity index (χ4n) is 1.88. The zero-order chi connectivity index (χ0) is 15.4. The number of aliphatic carboxylic acids is 1. The summed E-state index contributed by atoms with van der Waals surface area (Å²) in [6.45, 7) is 2.11. The Hall–Kier alpha value is -2.22. The molecule has 0 spiro atoms. The van der Waals surface area contributed by atoms with Crippen molar-refractivity contribution in [2.75, 3.05) is 6.54 Å². The summed E-state index contributed by atoms with van der Waals surface area (Å²) in [7, 11) is 0. The van der Waals surface area contributed by atoms with Crippen molar-refractivity contribution in [3.05, 3.63) is 33.2 Å². The Morgan fingerprint density at radius 1 is 1.43 bits per heavy atom. The summed E-state index contributed by atoms with van der Waals surface area (Å²) in [4.78, 5) is 39.2. The number of nitrogens with one attached hydrogen (secondary N) is 1. The third-order valence-corrected chi connectivity index (χ3v) is 3.92. The van der Waals surface area contributed by atoms with E-state index in [0.717, 1.165) is 5.69 Å². The molecule has 2 rings (SSSR count). The molecule has 112 valence electrons. The summed E-state index contributed by atoms with van der Waals surface area (Å²) in [6, 6.07) is 0. The molecule has 2 aromatic rings. The van der Waals surface area contributed by atoms with Crippen LogP contribution in [0.15, 0.2) is 16.4 Å². The van der Waals surface area contributed by atoms with E-state index in [1.165, 1.54) is 21.9 Å². The maximum Gasteiger partial charge on any atom is 0.303 e. The minimum Gasteiger partial charge on any atom is -0.481 e. The number of thiazole rings is 1. The normalized spacial score (nSPS) is 10.7. The summed E-state index contributed by atoms with van der Waals surface area (Å²) < 4.78 is 1.41. The van der Waals surface area contributed by atoms with Gasteiger partial charge in [-0.1, -0.05) is 0 Å². The maximum atomic E-state index is 12.2. The molecular weight excluding hydrogens is 294 g/mol. The topological polar surface area (TPSA) is 101 Å². The molecule has 0 saturated heterocycles. The Morgan fingerprint density at radius 2 is 2.19 bits per heavy atom. The van der Waals surface area contributed by atoms with E-state index in [1.54, 1.807) is 12.3 Å². The number of rotatable bonds is 6. The number of nitrogens with zero attached hydrogens (tertiary/aromatic N) is 2. The number of carbonyl (C=O) groups is 2. The van der Waals surface area contributed by atoms with Gasteiger partial charge in [0.25, 0.3) is 11.5 Å². The van der Waals surface area contributed by atoms with E-state index in [9.17, 15) is 14.4 Å². The molecule has 0 aliphatic carbocycles. The second-order valence-corrected chi connectivity index (χ2v) is 5.42. The van der Waals surface area contributed by atoms with Crippen molar-refractivity contribution >= 4 is 28.2 Å². The standard InChI is InChI=1S/C13H15N3O4S/c1-8-7-21-13-15-6-9(12(20)16(8)13)11(19)14-5-3-2-4-10(17)18/h6-7H,2-5H2,1H3,(H,14,19)(H,17,18). The van der Waals surface area contributed by atoms with E-state index in [2.05, 4.69) is 10.3 Å². The number of carboxylic acid groups (broad SMARTS) is 1. The maximum absolute atomic E-state index is 12.2. The summed E-state index contributed by atoms with van der Waals surface area (Å²) in [6.07, 6.45) is 2.38. The molecule has 0 atom stereocenters. The average Bonchev–Trinajstić information content (AvgIpc) is 2.80. The summed E-state index contributed by atoms with van der Waals surface area (Å²) in [5, 5.41) is 12.9. The number of carbonyl (C=O) groups excluding carboxylic acids is 1. The Kier molecular flexibility index (Phi) is 4.69. The van der Waals surface area contributed by atoms with Crippen molar-refractivity contribution in [2.45, 2.75) is 26.2 Å². The van der Waals surface area contributed by atoms with Crippen LogP contribution in [0.25, 0.3) is 4.96 Å². The van der Waals surface area contributed by atoms with Gasteiger partial charge in [-0.25, -0.2) is 4.98 Å². The highest BCUT2D eigenvalue weighted by Gasteiger charge is 2.14. The van der Waals surface area contributed by atoms with Crippen LogP contribution in [-0.4, -0.2) is 32.9 Å². The molecule has 0 aliphatic rings. The largest absolute Gasteiger partial charge is 0.481 e. The number of unbranched alkanes of at least 4 members (excludes halogenated alkanes) is 1. The third-order valence-electron chi connectivity index (χ3n) is 2.96. The van der Waals surface area contributed by atoms with Crippen LogP contribution in [0.1, 0.15) is 35.3 Å². The van der Waals surface area contributed by atoms with Gasteiger partial charge in [-0.05, 0) is 19.8 Å². The van der Waals surface area contributed by atoms with Gasteiger partial charge in [-0.2, -0.15) is 0 Å². The van der Waals surface area contributed by atoms with Crippen LogP contribution in [-0.2, 0) is 4.79 Å². The van der Waals surface area contributed by atoms with Gasteiger partial charge < -0.3 is 10.4 Å². The molecule has 8 heteroatoms. The zero-order valence-corrected chi connectivity index (χ0v) is 12.3. The SMILES string of the molecule is Cc1csc2ncc(C(=O)NCCCCC(=O)O)c(=O)n12. The fraction of sp³-hybridized carbons (Fsp3) is 0.385. The lowest BCUT2D eigenvalue weighted by Crippen LogP contribution is -2.32. The molecule has 0 bridgehead atoms. The molecule has 0 aromatic carbocycles. The molecule has 7 nitrogen and oxygen atoms in total. The van der Waals surface area contributed by atoms with Gasteiger partial charge in [0.1, 0.15) is 5.56 Å². The lowest BCUT2D eigenvalue weighted by Gasteiger charge is -2.04. The van der Waals surface area contributed by atoms with Crippen molar-refractivity contribution < 1.29 is 14.7 Å². The smallest absolute Gasteiger partial charge is 0.303 e. The number of fused-ring (bicyclic) bond motifs is 1. The second kappa shape index (κ2) is 6.49. The first-order valence-corrected chi connectivity index (χ1v) is 7.34. The minimum atomic E-state index is -0.859. The van der Waals surface area contributed by atoms with Crippen molar-refractivity contribution in [1.82, 2.24) is 14.7 Å². The molecular formula is C13H15N3O4S. The first-order chi connectivity index (χ1) is 10.0. The van der Waals surface area contributed by atoms with Crippen LogP contribution in [0.3, 0.4) is 0 Å². The van der Waals surface area contributed by atoms with E-state index in [0.29, 0.717) is 24.3 Å². The molecule has 2 heterocycles. The molecule has 2 N–H and O–H groups in total. The fourth-order valence-corrected chi connectivity index (χ4v) is 2.71. The first-order valence-electron chi connectivity index (χ1n) is 6.46. The number of carboxylic acids is 1. The van der Waals surface area contributed by atoms with Gasteiger partial charge in [0.15, 0.2) is 4.96 Å². The molecule has 0 radical (unpaired) electrons. The van der Waals surface area contributed by atoms with Crippen LogP contribution in [0.4, 0.5) is 0 Å². The summed E-state index contributed by atoms with van der Waals surface area (Å²) in [5.41, 5.74) is 0.345. The second-order valence-electron chi connectivity index (χ2n) is 4.58. The Morgan fingerprint density at radius 3 is 2.90 bits per heavy atom. The number of hydrogen-bond donors (Lipinski definition) is 2. The van der Waals surface area contributed by atoms with Crippen LogP contribution in [0, 0.1) is 6.92 Å². The van der Waals surface area contributed by atoms with Crippen LogP contribution in [0.2, 0.25) is 0 Å². The highest BCUT2D eigenvalue weighted by atomic mass is 32.1. The van der Waals surface area contributed by atoms with E-state index in [4.69, 9.17) is 5.11 Å². The van der Waals surface area contributed by atoms with Gasteiger partial charge in [0, 0.05) is 30.2 Å². The monoisotopic (exact) mass is 309 g/mol. The Labute approximate surface area is 124 Å². The van der Waals surface area contributed by atoms with Gasteiger partial charge in [0.2, 0.25) is 0 Å². The predicted octanol–water partition coefficient (Wildman–Crippen LogP) is 1.05. The molecule has 2 aromatic heterocycles. The summed E-state index contributed by atoms with van der Waals surface area (Å²) >= 11 is 1.34. The number of amides is 1. The van der Waals surface area contributed by atoms with E-state index in [1.807, 2.05) is 0 Å². The third kappa shape index (κ3) is 3.46. The molecule has 0 aliphatic heterocycles. The van der Waals surface area contributed by atoms with Crippen molar-refractivity contribution in [1.29, 1.82) is 0 Å². The first kappa shape index (κ1) is 15.2. The molecule has 0 saturated carbocycles. The Balaban J connectivity index is 2.03. The van der Waals surface area contributed by atoms with E-state index < -0.39 is 11.9 Å². The zero-order valence-electron chi connectivity index (χ0n) is 11.5. The summed E-state index contributed by atoms with van der Waals surface area (Å²) in [5.74, 6) is -1.34. The van der Waals surface area contributed by atoms with Gasteiger partial charge in [-0.15, -0.1) is 11.3 Å². The van der Waals surface area contributed by atoms with Crippen LogP contribution >= 0.6 is 11.3 Å². The highest BCUT2D eigenvalue weighted by Crippen LogP contribution is 2.10. The van der Waals surface area contributed by atoms with Crippen molar-refractivity contribution in [3.63, 3.8) is 0 Å². The van der Waals surface area contributed by atoms with Crippen LogP contribution < -0.4 is 10.9 Å². The van der Waals surface area contributed by atoms with Crippen molar-refractivity contribution in [2.24, 2.45) is 0 Å². The predicted molar refractivity (Wildman–Crippen MR) is 77.9 cm³/mol. The van der Waals surface area contributed by atoms with Gasteiger partial charge in [0.05, 0.1) is 0 Å². The average molecular weight is 309 g/mol. The van der Waals surface area contributed by atoms with Crippen LogP contribution in [0.5, 0.6) is 0 Å². The number of aryl methyl sites for hydroxylation is 1. The molecule has 1 amide bonds. The van der Waals surface area contributed by atoms with E-state index >= 15 is 0 Å². The molecule has 0 fully saturated rings. The van der Waals surface area contributed by atoms with Gasteiger partial charge in [-0.3, -0.25) is 18.8 Å². The minimum absolute atomic E-state index is 0.00719. The van der Waals surface area contributed by atoms with Crippen molar-refractivity contribution in [3.8, 4) is 0 Å². The Bertz CT molecular complexity index is 735. The lowest BCUT2D eigenvalue weighted by molar-refractivity contribution is -0.137. The van der Waals surface area contributed by atoms with E-state index in [-0.39, 0.29) is 17.5 Å². The van der Waals surface area contributed by atoms with Gasteiger partial charge >= 0.3 is 5.97 Å². The number of hydrogen-bond acceptors (Lipinski definition) is 5. The quantitative estimate of drug-likeness (QED) is 0.777. The molecule has 0 unspecified atom stereocenters. The molecule has 21 heavy (non-hydrogen) atoms. The lowest BCUT2D eigenvalue weighted by atomic mass is 10.2. The number of aromatic nitrogens is 2.